The highest BCUT2D eigenvalue weighted by Gasteiger charge is 2.19. The highest BCUT2D eigenvalue weighted by Crippen LogP contribution is 2.15. The summed E-state index contributed by atoms with van der Waals surface area (Å²) in [7, 11) is -1.36. The molecule has 0 unspecified atom stereocenters. The third-order valence-electron chi connectivity index (χ3n) is 2.17. The van der Waals surface area contributed by atoms with Crippen LogP contribution >= 0.6 is 0 Å². The maximum absolute atomic E-state index is 5.89. The molecular formula is C9H24OSi2. The summed E-state index contributed by atoms with van der Waals surface area (Å²) in [5, 5.41) is 0. The molecule has 0 aliphatic rings. The summed E-state index contributed by atoms with van der Waals surface area (Å²) in [6, 6.07) is 1.37. The fraction of sp³-hybridized carbons (Fsp3) is 1.00. The molecule has 0 N–H and O–H groups in total. The summed E-state index contributed by atoms with van der Waals surface area (Å²) >= 11 is 0. The average Bonchev–Trinajstić information content (AvgIpc) is 1.98. The number of unbranched alkanes of at least 4 members (excludes halogenated alkanes) is 3. The molecule has 0 aromatic carbocycles. The molecule has 1 nitrogen and oxygen atoms in total. The van der Waals surface area contributed by atoms with Crippen LogP contribution in [0.4, 0.5) is 0 Å². The minimum atomic E-state index is -1.19. The Balaban J connectivity index is 3.33. The molecule has 0 heterocycles. The zero-order valence-electron chi connectivity index (χ0n) is 9.15. The van der Waals surface area contributed by atoms with Crippen LogP contribution in [0.25, 0.3) is 0 Å². The molecule has 0 rings (SSSR count). The average molecular weight is 204 g/mol. The van der Waals surface area contributed by atoms with E-state index in [0.717, 1.165) is 0 Å². The second kappa shape index (κ2) is 6.86. The Hall–Kier alpha value is 0.394. The van der Waals surface area contributed by atoms with Crippen molar-refractivity contribution >= 4 is 18.1 Å². The molecular weight excluding hydrogens is 180 g/mol. The molecule has 0 aromatic rings. The third kappa shape index (κ3) is 7.07. The van der Waals surface area contributed by atoms with E-state index in [2.05, 4.69) is 26.6 Å². The van der Waals surface area contributed by atoms with Crippen LogP contribution in [0.3, 0.4) is 0 Å². The Morgan fingerprint density at radius 2 is 1.83 bits per heavy atom. The Kier molecular flexibility index (Phi) is 7.09. The lowest BCUT2D eigenvalue weighted by Gasteiger charge is -2.22. The van der Waals surface area contributed by atoms with E-state index in [9.17, 15) is 0 Å². The third-order valence-corrected chi connectivity index (χ3v) is 8.01. The zero-order valence-corrected chi connectivity index (χ0v) is 11.6. The van der Waals surface area contributed by atoms with Gasteiger partial charge in [-0.15, -0.1) is 0 Å². The van der Waals surface area contributed by atoms with Gasteiger partial charge in [0.15, 0.2) is 8.32 Å². The summed E-state index contributed by atoms with van der Waals surface area (Å²) in [5.41, 5.74) is 0. The van der Waals surface area contributed by atoms with Crippen molar-refractivity contribution in [2.45, 2.75) is 58.3 Å². The summed E-state index contributed by atoms with van der Waals surface area (Å²) < 4.78 is 5.89. The highest BCUT2D eigenvalue weighted by molar-refractivity contribution is 6.74. The fourth-order valence-electron chi connectivity index (χ4n) is 1.44. The molecule has 0 bridgehead atoms. The molecule has 3 heteroatoms. The van der Waals surface area contributed by atoms with Crippen molar-refractivity contribution in [3.8, 4) is 0 Å². The predicted molar refractivity (Wildman–Crippen MR) is 61.9 cm³/mol. The van der Waals surface area contributed by atoms with Crippen LogP contribution in [-0.4, -0.2) is 18.1 Å². The molecule has 0 aliphatic heterocycles. The minimum Gasteiger partial charge on any atom is -0.461 e. The van der Waals surface area contributed by atoms with E-state index < -0.39 is 8.32 Å². The van der Waals surface area contributed by atoms with Crippen molar-refractivity contribution in [2.75, 3.05) is 0 Å². The van der Waals surface area contributed by atoms with E-state index in [4.69, 9.17) is 4.12 Å². The van der Waals surface area contributed by atoms with Gasteiger partial charge < -0.3 is 4.12 Å². The Morgan fingerprint density at radius 1 is 1.17 bits per heavy atom. The van der Waals surface area contributed by atoms with Gasteiger partial charge in [0, 0.05) is 0 Å². The summed E-state index contributed by atoms with van der Waals surface area (Å²) in [6.45, 7) is 9.21. The summed E-state index contributed by atoms with van der Waals surface area (Å²) in [6.07, 6.45) is 5.53. The predicted octanol–water partition coefficient (Wildman–Crippen LogP) is 2.92. The van der Waals surface area contributed by atoms with Crippen LogP contribution in [0.5, 0.6) is 0 Å². The largest absolute Gasteiger partial charge is 0.461 e. The number of hydrogen-bond acceptors (Lipinski definition) is 1. The van der Waals surface area contributed by atoms with Crippen LogP contribution in [-0.2, 0) is 4.12 Å². The normalized spacial score (nSPS) is 13.0. The Labute approximate surface area is 81.0 Å². The molecule has 0 spiro atoms. The molecule has 0 radical (unpaired) electrons. The van der Waals surface area contributed by atoms with Crippen LogP contribution in [0, 0.1) is 0 Å². The first kappa shape index (κ1) is 12.4. The van der Waals surface area contributed by atoms with Gasteiger partial charge in [-0.3, -0.25) is 0 Å². The van der Waals surface area contributed by atoms with E-state index in [1.54, 1.807) is 0 Å². The Bertz CT molecular complexity index is 105. The first-order chi connectivity index (χ1) is 5.62. The number of rotatable bonds is 7. The van der Waals surface area contributed by atoms with Gasteiger partial charge in [0.25, 0.3) is 0 Å². The van der Waals surface area contributed by atoms with Crippen molar-refractivity contribution < 1.29 is 4.12 Å². The lowest BCUT2D eigenvalue weighted by Crippen LogP contribution is -2.30. The van der Waals surface area contributed by atoms with Gasteiger partial charge in [0.1, 0.15) is 9.76 Å². The second-order valence-electron chi connectivity index (χ2n) is 4.00. The van der Waals surface area contributed by atoms with E-state index in [1.807, 2.05) is 0 Å². The van der Waals surface area contributed by atoms with Crippen LogP contribution < -0.4 is 0 Å². The van der Waals surface area contributed by atoms with Gasteiger partial charge in [-0.05, 0) is 19.1 Å². The van der Waals surface area contributed by atoms with Gasteiger partial charge in [0.2, 0.25) is 0 Å². The van der Waals surface area contributed by atoms with Crippen molar-refractivity contribution in [3.05, 3.63) is 0 Å². The summed E-state index contributed by atoms with van der Waals surface area (Å²) in [5.74, 6) is 0. The maximum atomic E-state index is 5.89. The van der Waals surface area contributed by atoms with E-state index in [0.29, 0.717) is 0 Å². The first-order valence-electron chi connectivity index (χ1n) is 5.26. The smallest absolute Gasteiger partial charge is 0.172 e. The molecule has 74 valence electrons. The molecule has 12 heavy (non-hydrogen) atoms. The molecule has 0 fully saturated rings. The molecule has 0 aromatic heterocycles. The van der Waals surface area contributed by atoms with Crippen LogP contribution in [0.15, 0.2) is 0 Å². The molecule has 0 saturated carbocycles. The zero-order chi connectivity index (χ0) is 9.45. The fourth-order valence-corrected chi connectivity index (χ4v) is 6.25. The van der Waals surface area contributed by atoms with Gasteiger partial charge in [0.05, 0.1) is 0 Å². The molecule has 0 atom stereocenters. The maximum Gasteiger partial charge on any atom is 0.172 e. The molecule has 0 amide bonds. The van der Waals surface area contributed by atoms with E-state index in [-0.39, 0.29) is 9.76 Å². The minimum absolute atomic E-state index is 0.168. The van der Waals surface area contributed by atoms with Gasteiger partial charge in [-0.1, -0.05) is 39.2 Å². The van der Waals surface area contributed by atoms with Crippen molar-refractivity contribution in [3.63, 3.8) is 0 Å². The Morgan fingerprint density at radius 3 is 2.33 bits per heavy atom. The standard InChI is InChI=1S/C9H24OSi2/c1-5-6-7-8-9-12(3,4)10-11-2/h5-9,11H2,1-4H3. The highest BCUT2D eigenvalue weighted by atomic mass is 28.4. The van der Waals surface area contributed by atoms with E-state index in [1.165, 1.54) is 31.7 Å². The lowest BCUT2D eigenvalue weighted by molar-refractivity contribution is 0.576. The molecule has 0 saturated heterocycles. The van der Waals surface area contributed by atoms with Gasteiger partial charge >= 0.3 is 0 Å². The monoisotopic (exact) mass is 204 g/mol. The van der Waals surface area contributed by atoms with E-state index >= 15 is 0 Å². The van der Waals surface area contributed by atoms with Crippen LogP contribution in [0.2, 0.25) is 25.7 Å². The van der Waals surface area contributed by atoms with Crippen LogP contribution in [0.1, 0.15) is 32.6 Å². The molecule has 0 aliphatic carbocycles. The van der Waals surface area contributed by atoms with Crippen molar-refractivity contribution in [1.29, 1.82) is 0 Å². The SMILES string of the molecule is CCCCCC[Si](C)(C)O[SiH2]C. The van der Waals surface area contributed by atoms with Gasteiger partial charge in [-0.25, -0.2) is 0 Å². The van der Waals surface area contributed by atoms with Crippen molar-refractivity contribution in [1.82, 2.24) is 0 Å². The summed E-state index contributed by atoms with van der Waals surface area (Å²) in [4.78, 5) is 0. The number of hydrogen-bond donors (Lipinski definition) is 0. The first-order valence-corrected chi connectivity index (χ1v) is 10.4. The quantitative estimate of drug-likeness (QED) is 0.458. The topological polar surface area (TPSA) is 9.23 Å². The second-order valence-corrected chi connectivity index (χ2v) is 9.75. The lowest BCUT2D eigenvalue weighted by atomic mass is 10.2. The van der Waals surface area contributed by atoms with Gasteiger partial charge in [-0.2, -0.15) is 0 Å². The van der Waals surface area contributed by atoms with Crippen molar-refractivity contribution in [2.24, 2.45) is 0 Å².